The fourth-order valence-electron chi connectivity index (χ4n) is 4.44. The van der Waals surface area contributed by atoms with E-state index in [0.29, 0.717) is 19.8 Å². The van der Waals surface area contributed by atoms with Gasteiger partial charge in [0.15, 0.2) is 0 Å². The number of aliphatic imine (C=N–C) groups is 1. The summed E-state index contributed by atoms with van der Waals surface area (Å²) < 4.78 is 10.3. The van der Waals surface area contributed by atoms with Crippen molar-refractivity contribution in [2.45, 2.75) is 19.4 Å². The zero-order chi connectivity index (χ0) is 25.3. The summed E-state index contributed by atoms with van der Waals surface area (Å²) in [6.45, 7) is 12.1. The van der Waals surface area contributed by atoms with Crippen LogP contribution in [0.25, 0.3) is 0 Å². The molecule has 0 radical (unpaired) electrons. The van der Waals surface area contributed by atoms with Crippen LogP contribution in [0.2, 0.25) is 0 Å². The Balaban J connectivity index is 1.35. The number of hydrogen-bond acceptors (Lipinski definition) is 7. The molecule has 0 unspecified atom stereocenters. The molecule has 1 saturated heterocycles. The first-order valence-electron chi connectivity index (χ1n) is 12.1. The zero-order valence-corrected chi connectivity index (χ0v) is 21.7. The molecule has 0 N–H and O–H groups in total. The average Bonchev–Trinajstić information content (AvgIpc) is 3.33. The molecule has 2 aromatic rings. The lowest BCUT2D eigenvalue weighted by Crippen LogP contribution is -2.30. The van der Waals surface area contributed by atoms with Crippen molar-refractivity contribution in [1.29, 1.82) is 0 Å². The summed E-state index contributed by atoms with van der Waals surface area (Å²) in [4.78, 5) is 23.3. The van der Waals surface area contributed by atoms with Crippen molar-refractivity contribution < 1.29 is 14.3 Å². The molecule has 8 heteroatoms. The van der Waals surface area contributed by atoms with Crippen LogP contribution in [0.5, 0.6) is 0 Å². The molecule has 2 aliphatic rings. The number of anilines is 2. The van der Waals surface area contributed by atoms with Crippen molar-refractivity contribution in [1.82, 2.24) is 4.90 Å². The number of hydrogen-bond donors (Lipinski definition) is 0. The highest BCUT2D eigenvalue weighted by molar-refractivity contribution is 8.03. The molecule has 7 nitrogen and oxygen atoms in total. The van der Waals surface area contributed by atoms with Crippen LogP contribution in [0.1, 0.15) is 16.7 Å². The number of cyclic esters (lactones) is 1. The molecule has 190 valence electrons. The maximum Gasteiger partial charge on any atom is 0.414 e. The lowest BCUT2D eigenvalue weighted by atomic mass is 9.99. The van der Waals surface area contributed by atoms with Gasteiger partial charge in [-0.15, -0.1) is 11.8 Å². The van der Waals surface area contributed by atoms with Crippen LogP contribution in [0, 0.1) is 0 Å². The minimum atomic E-state index is -0.280. The first kappa shape index (κ1) is 26.0. The van der Waals surface area contributed by atoms with Gasteiger partial charge in [0.2, 0.25) is 0 Å². The van der Waals surface area contributed by atoms with Crippen LogP contribution in [-0.4, -0.2) is 63.5 Å². The molecule has 4 rings (SSSR count). The van der Waals surface area contributed by atoms with Gasteiger partial charge in [-0.3, -0.25) is 14.8 Å². The highest BCUT2D eigenvalue weighted by atomic mass is 32.2. The highest BCUT2D eigenvalue weighted by Gasteiger charge is 2.23. The van der Waals surface area contributed by atoms with Gasteiger partial charge in [0, 0.05) is 61.5 Å². The molecular formula is C28H34N4O3S. The average molecular weight is 507 g/mol. The second-order valence-corrected chi connectivity index (χ2v) is 9.86. The Kier molecular flexibility index (Phi) is 9.22. The monoisotopic (exact) mass is 506 g/mol. The van der Waals surface area contributed by atoms with E-state index in [2.05, 4.69) is 58.4 Å². The van der Waals surface area contributed by atoms with E-state index in [9.17, 15) is 4.79 Å². The Bertz CT molecular complexity index is 1100. The smallest absolute Gasteiger partial charge is 0.414 e. The minimum Gasteiger partial charge on any atom is -0.447 e. The number of carbonyl (C=O) groups excluding carboxylic acids is 1. The molecular weight excluding hydrogens is 472 g/mol. The summed E-state index contributed by atoms with van der Waals surface area (Å²) in [6.07, 6.45) is 5.25. The number of allylic oxidation sites excluding steroid dienone is 1. The minimum absolute atomic E-state index is 0.280. The molecule has 2 aromatic carbocycles. The third-order valence-corrected chi connectivity index (χ3v) is 7.54. The number of fused-ring (bicyclic) bond motifs is 1. The molecule has 0 bridgehead atoms. The predicted octanol–water partition coefficient (Wildman–Crippen LogP) is 5.07. The first-order valence-corrected chi connectivity index (χ1v) is 13.1. The van der Waals surface area contributed by atoms with Crippen molar-refractivity contribution in [2.75, 3.05) is 55.6 Å². The SMILES string of the molecule is C=CN(CCOC)c1ccc2c(c1)CN(CS/C(=C\N=C)Cc1ccc(N3CCOC3=O)cc1)CC2. The van der Waals surface area contributed by atoms with Crippen molar-refractivity contribution in [3.05, 3.63) is 83.0 Å². The number of carbonyl (C=O) groups is 1. The molecule has 0 spiro atoms. The van der Waals surface area contributed by atoms with E-state index in [4.69, 9.17) is 9.47 Å². The molecule has 0 saturated carbocycles. The van der Waals surface area contributed by atoms with Crippen molar-refractivity contribution >= 4 is 35.9 Å². The summed E-state index contributed by atoms with van der Waals surface area (Å²) in [6, 6.07) is 14.8. The van der Waals surface area contributed by atoms with E-state index >= 15 is 0 Å². The van der Waals surface area contributed by atoms with Gasteiger partial charge in [-0.05, 0) is 60.3 Å². The van der Waals surface area contributed by atoms with E-state index in [0.717, 1.165) is 54.6 Å². The first-order chi connectivity index (χ1) is 17.6. The molecule has 0 aromatic heterocycles. The van der Waals surface area contributed by atoms with Crippen molar-refractivity contribution in [3.8, 4) is 0 Å². The molecule has 36 heavy (non-hydrogen) atoms. The van der Waals surface area contributed by atoms with Crippen LogP contribution in [-0.2, 0) is 28.9 Å². The Morgan fingerprint density at radius 2 is 2.06 bits per heavy atom. The summed E-state index contributed by atoms with van der Waals surface area (Å²) in [5, 5.41) is 0. The lowest BCUT2D eigenvalue weighted by Gasteiger charge is -2.30. The summed E-state index contributed by atoms with van der Waals surface area (Å²) in [5.74, 6) is 0.886. The molecule has 0 atom stereocenters. The van der Waals surface area contributed by atoms with E-state index in [-0.39, 0.29) is 6.09 Å². The number of amides is 1. The Morgan fingerprint density at radius 3 is 2.75 bits per heavy atom. The van der Waals surface area contributed by atoms with Gasteiger partial charge in [0.25, 0.3) is 0 Å². The van der Waals surface area contributed by atoms with Gasteiger partial charge in [0.05, 0.1) is 13.2 Å². The van der Waals surface area contributed by atoms with Crippen LogP contribution in [0.4, 0.5) is 16.2 Å². The van der Waals surface area contributed by atoms with Crippen LogP contribution >= 0.6 is 11.8 Å². The summed E-state index contributed by atoms with van der Waals surface area (Å²) in [5.41, 5.74) is 5.97. The van der Waals surface area contributed by atoms with Crippen LogP contribution in [0.3, 0.4) is 0 Å². The summed E-state index contributed by atoms with van der Waals surface area (Å²) in [7, 11) is 1.72. The lowest BCUT2D eigenvalue weighted by molar-refractivity contribution is 0.181. The maximum absolute atomic E-state index is 11.8. The molecule has 2 heterocycles. The normalized spacial score (nSPS) is 16.0. The summed E-state index contributed by atoms with van der Waals surface area (Å²) >= 11 is 1.80. The van der Waals surface area contributed by atoms with Gasteiger partial charge in [-0.25, -0.2) is 4.79 Å². The molecule has 2 aliphatic heterocycles. The number of benzene rings is 2. The van der Waals surface area contributed by atoms with E-state index < -0.39 is 0 Å². The van der Waals surface area contributed by atoms with Gasteiger partial charge < -0.3 is 14.4 Å². The van der Waals surface area contributed by atoms with Gasteiger partial charge in [0.1, 0.15) is 6.61 Å². The molecule has 0 aliphatic carbocycles. The predicted molar refractivity (Wildman–Crippen MR) is 149 cm³/mol. The topological polar surface area (TPSA) is 57.6 Å². The van der Waals surface area contributed by atoms with E-state index in [1.54, 1.807) is 23.8 Å². The van der Waals surface area contributed by atoms with Crippen molar-refractivity contribution in [3.63, 3.8) is 0 Å². The van der Waals surface area contributed by atoms with Gasteiger partial charge in [-0.1, -0.05) is 24.8 Å². The number of ether oxygens (including phenoxy) is 2. The fraction of sp³-hybridized carbons (Fsp3) is 0.357. The zero-order valence-electron chi connectivity index (χ0n) is 20.9. The Hall–Kier alpha value is -3.07. The van der Waals surface area contributed by atoms with Crippen molar-refractivity contribution in [2.24, 2.45) is 4.99 Å². The van der Waals surface area contributed by atoms with E-state index in [1.165, 1.54) is 16.7 Å². The molecule has 1 fully saturated rings. The third-order valence-electron chi connectivity index (χ3n) is 6.42. The number of rotatable bonds is 12. The number of nitrogens with zero attached hydrogens (tertiary/aromatic N) is 4. The fourth-order valence-corrected chi connectivity index (χ4v) is 5.43. The Labute approximate surface area is 218 Å². The van der Waals surface area contributed by atoms with Crippen LogP contribution in [0.15, 0.2) is 71.3 Å². The second-order valence-electron chi connectivity index (χ2n) is 8.78. The standard InChI is InChI=1S/C28H34N4O3S/c1-4-31(13-15-34-3)26-10-7-23-11-12-30(20-24(23)18-26)21-36-27(19-29-2)17-22-5-8-25(9-6-22)32-14-16-35-28(32)33/h4-10,18-19H,1-2,11-17,20-21H2,3H3/b27-19-. The third kappa shape index (κ3) is 6.57. The van der Waals surface area contributed by atoms with Gasteiger partial charge in [-0.2, -0.15) is 0 Å². The maximum atomic E-state index is 11.8. The van der Waals surface area contributed by atoms with Gasteiger partial charge >= 0.3 is 6.09 Å². The van der Waals surface area contributed by atoms with Crippen LogP contribution < -0.4 is 9.80 Å². The number of thioether (sulfide) groups is 1. The highest BCUT2D eigenvalue weighted by Crippen LogP contribution is 2.29. The van der Waals surface area contributed by atoms with E-state index in [1.807, 2.05) is 24.5 Å². The Morgan fingerprint density at radius 1 is 1.22 bits per heavy atom. The largest absolute Gasteiger partial charge is 0.447 e. The second kappa shape index (κ2) is 12.8. The molecule has 1 amide bonds. The quantitative estimate of drug-likeness (QED) is 0.375. The number of methoxy groups -OCH3 is 1.